The molecule has 0 radical (unpaired) electrons. The van der Waals surface area contributed by atoms with Crippen molar-refractivity contribution in [3.8, 4) is 0 Å². The van der Waals surface area contributed by atoms with E-state index >= 15 is 0 Å². The summed E-state index contributed by atoms with van der Waals surface area (Å²) in [6.07, 6.45) is 7.58. The van der Waals surface area contributed by atoms with Gasteiger partial charge in [-0.15, -0.1) is 0 Å². The highest BCUT2D eigenvalue weighted by molar-refractivity contribution is 5.88. The molecule has 0 amide bonds. The number of hydrogen-bond acceptors (Lipinski definition) is 2. The van der Waals surface area contributed by atoms with Crippen LogP contribution in [0.5, 0.6) is 0 Å². The molecule has 1 aliphatic rings. The number of carbonyl (C=O) groups excluding carboxylic acids is 1. The van der Waals surface area contributed by atoms with Gasteiger partial charge in [0.1, 0.15) is 0 Å². The Morgan fingerprint density at radius 1 is 1.25 bits per heavy atom. The topological polar surface area (TPSA) is 20.3 Å². The SMILES string of the molecule is CC(C)CCCC(=O)C1(N(C)C)CCCC1. The van der Waals surface area contributed by atoms with Crippen LogP contribution >= 0.6 is 0 Å². The van der Waals surface area contributed by atoms with Gasteiger partial charge in [0, 0.05) is 6.42 Å². The van der Waals surface area contributed by atoms with Crippen molar-refractivity contribution in [1.29, 1.82) is 0 Å². The molecular weight excluding hydrogens is 198 g/mol. The predicted molar refractivity (Wildman–Crippen MR) is 68.6 cm³/mol. The molecule has 0 aromatic rings. The van der Waals surface area contributed by atoms with Crippen LogP contribution in [0.1, 0.15) is 58.8 Å². The molecule has 1 saturated carbocycles. The van der Waals surface area contributed by atoms with Crippen molar-refractivity contribution >= 4 is 5.78 Å². The van der Waals surface area contributed by atoms with Crippen LogP contribution < -0.4 is 0 Å². The average molecular weight is 225 g/mol. The van der Waals surface area contributed by atoms with Gasteiger partial charge in [-0.05, 0) is 39.3 Å². The van der Waals surface area contributed by atoms with E-state index in [4.69, 9.17) is 0 Å². The number of hydrogen-bond donors (Lipinski definition) is 0. The number of carbonyl (C=O) groups is 1. The third kappa shape index (κ3) is 3.07. The fourth-order valence-corrected chi connectivity index (χ4v) is 2.84. The van der Waals surface area contributed by atoms with Gasteiger partial charge in [0.05, 0.1) is 5.54 Å². The van der Waals surface area contributed by atoms with Gasteiger partial charge >= 0.3 is 0 Å². The Bertz CT molecular complexity index is 227. The molecule has 0 spiro atoms. The highest BCUT2D eigenvalue weighted by Crippen LogP contribution is 2.35. The number of Topliss-reactive ketones (excluding diaryl/α,β-unsaturated/α-hetero) is 1. The smallest absolute Gasteiger partial charge is 0.153 e. The van der Waals surface area contributed by atoms with Crippen molar-refractivity contribution in [3.63, 3.8) is 0 Å². The maximum Gasteiger partial charge on any atom is 0.153 e. The Balaban J connectivity index is 2.49. The highest BCUT2D eigenvalue weighted by Gasteiger charge is 2.41. The van der Waals surface area contributed by atoms with Gasteiger partial charge in [0.15, 0.2) is 5.78 Å². The van der Waals surface area contributed by atoms with Gasteiger partial charge in [-0.25, -0.2) is 0 Å². The Kier molecular flexibility index (Phi) is 4.97. The van der Waals surface area contributed by atoms with Crippen LogP contribution in [0.2, 0.25) is 0 Å². The van der Waals surface area contributed by atoms with Crippen molar-refractivity contribution in [2.45, 2.75) is 64.3 Å². The second kappa shape index (κ2) is 5.81. The average Bonchev–Trinajstić information content (AvgIpc) is 2.66. The third-order valence-electron chi connectivity index (χ3n) is 3.99. The summed E-state index contributed by atoms with van der Waals surface area (Å²) in [6, 6.07) is 0. The van der Waals surface area contributed by atoms with Gasteiger partial charge in [0.2, 0.25) is 0 Å². The largest absolute Gasteiger partial charge is 0.298 e. The minimum atomic E-state index is -0.114. The normalized spacial score (nSPS) is 19.6. The molecule has 0 aliphatic heterocycles. The van der Waals surface area contributed by atoms with Crippen LogP contribution in [0.25, 0.3) is 0 Å². The first-order valence-corrected chi connectivity index (χ1v) is 6.70. The summed E-state index contributed by atoms with van der Waals surface area (Å²) < 4.78 is 0. The molecule has 0 unspecified atom stereocenters. The van der Waals surface area contributed by atoms with E-state index in [1.54, 1.807) is 0 Å². The molecule has 0 atom stereocenters. The quantitative estimate of drug-likeness (QED) is 0.691. The summed E-state index contributed by atoms with van der Waals surface area (Å²) in [5, 5.41) is 0. The molecule has 2 nitrogen and oxygen atoms in total. The monoisotopic (exact) mass is 225 g/mol. The van der Waals surface area contributed by atoms with E-state index in [9.17, 15) is 4.79 Å². The summed E-state index contributed by atoms with van der Waals surface area (Å²) in [5.41, 5.74) is -0.114. The zero-order valence-corrected chi connectivity index (χ0v) is 11.4. The summed E-state index contributed by atoms with van der Waals surface area (Å²) in [4.78, 5) is 14.5. The van der Waals surface area contributed by atoms with E-state index in [0.29, 0.717) is 11.7 Å². The second-order valence-electron chi connectivity index (χ2n) is 5.84. The lowest BCUT2D eigenvalue weighted by atomic mass is 9.87. The van der Waals surface area contributed by atoms with E-state index in [1.165, 1.54) is 19.3 Å². The van der Waals surface area contributed by atoms with Crippen LogP contribution in [0.15, 0.2) is 0 Å². The van der Waals surface area contributed by atoms with Crippen molar-refractivity contribution in [3.05, 3.63) is 0 Å². The standard InChI is InChI=1S/C14H27NO/c1-12(2)8-7-9-13(16)14(15(3)4)10-5-6-11-14/h12H,5-11H2,1-4H3. The van der Waals surface area contributed by atoms with E-state index in [1.807, 2.05) is 0 Å². The van der Waals surface area contributed by atoms with Crippen molar-refractivity contribution in [2.24, 2.45) is 5.92 Å². The number of rotatable bonds is 6. The number of likely N-dealkylation sites (N-methyl/N-ethyl adjacent to an activating group) is 1. The molecule has 0 saturated heterocycles. The molecule has 0 N–H and O–H groups in total. The number of ketones is 1. The van der Waals surface area contributed by atoms with E-state index < -0.39 is 0 Å². The second-order valence-corrected chi connectivity index (χ2v) is 5.84. The first-order chi connectivity index (χ1) is 7.49. The van der Waals surface area contributed by atoms with Gasteiger partial charge in [-0.3, -0.25) is 9.69 Å². The van der Waals surface area contributed by atoms with Gasteiger partial charge in [0.25, 0.3) is 0 Å². The third-order valence-corrected chi connectivity index (χ3v) is 3.99. The maximum absolute atomic E-state index is 12.3. The fraction of sp³-hybridized carbons (Fsp3) is 0.929. The van der Waals surface area contributed by atoms with Crippen LogP contribution in [-0.4, -0.2) is 30.3 Å². The zero-order chi connectivity index (χ0) is 12.2. The fourth-order valence-electron chi connectivity index (χ4n) is 2.84. The summed E-state index contributed by atoms with van der Waals surface area (Å²) in [7, 11) is 4.12. The zero-order valence-electron chi connectivity index (χ0n) is 11.4. The number of nitrogens with zero attached hydrogens (tertiary/aromatic N) is 1. The Morgan fingerprint density at radius 3 is 2.25 bits per heavy atom. The summed E-state index contributed by atoms with van der Waals surface area (Å²) in [6.45, 7) is 4.45. The van der Waals surface area contributed by atoms with Crippen LogP contribution in [0.4, 0.5) is 0 Å². The molecule has 1 rings (SSSR count). The van der Waals surface area contributed by atoms with Crippen LogP contribution in [0, 0.1) is 5.92 Å². The first-order valence-electron chi connectivity index (χ1n) is 6.70. The van der Waals surface area contributed by atoms with Crippen molar-refractivity contribution in [2.75, 3.05) is 14.1 Å². The first kappa shape index (κ1) is 13.7. The maximum atomic E-state index is 12.3. The van der Waals surface area contributed by atoms with Crippen LogP contribution in [-0.2, 0) is 4.79 Å². The minimum absolute atomic E-state index is 0.114. The van der Waals surface area contributed by atoms with Gasteiger partial charge in [-0.2, -0.15) is 0 Å². The molecule has 2 heteroatoms. The van der Waals surface area contributed by atoms with Gasteiger partial charge in [-0.1, -0.05) is 33.1 Å². The predicted octanol–water partition coefficient (Wildman–Crippen LogP) is 3.26. The van der Waals surface area contributed by atoms with Gasteiger partial charge < -0.3 is 0 Å². The lowest BCUT2D eigenvalue weighted by Crippen LogP contribution is -2.48. The molecule has 1 aliphatic carbocycles. The van der Waals surface area contributed by atoms with E-state index in [2.05, 4.69) is 32.8 Å². The Labute approximate surface area is 100 Å². The lowest BCUT2D eigenvalue weighted by molar-refractivity contribution is -0.129. The Morgan fingerprint density at radius 2 is 1.81 bits per heavy atom. The molecular formula is C14H27NO. The van der Waals surface area contributed by atoms with E-state index in [-0.39, 0.29) is 5.54 Å². The summed E-state index contributed by atoms with van der Waals surface area (Å²) >= 11 is 0. The Hall–Kier alpha value is -0.370. The van der Waals surface area contributed by atoms with Crippen LogP contribution in [0.3, 0.4) is 0 Å². The molecule has 0 heterocycles. The summed E-state index contributed by atoms with van der Waals surface area (Å²) in [5.74, 6) is 1.20. The van der Waals surface area contributed by atoms with Crippen molar-refractivity contribution in [1.82, 2.24) is 4.90 Å². The minimum Gasteiger partial charge on any atom is -0.298 e. The highest BCUT2D eigenvalue weighted by atomic mass is 16.1. The van der Waals surface area contributed by atoms with E-state index in [0.717, 1.165) is 25.7 Å². The molecule has 0 aromatic carbocycles. The molecule has 16 heavy (non-hydrogen) atoms. The molecule has 0 bridgehead atoms. The molecule has 94 valence electrons. The molecule has 0 aromatic heterocycles. The van der Waals surface area contributed by atoms with Crippen molar-refractivity contribution < 1.29 is 4.79 Å². The molecule has 1 fully saturated rings. The lowest BCUT2D eigenvalue weighted by Gasteiger charge is -2.34.